The highest BCUT2D eigenvalue weighted by atomic mass is 32.1. The van der Waals surface area contributed by atoms with Gasteiger partial charge in [0.2, 0.25) is 0 Å². The summed E-state index contributed by atoms with van der Waals surface area (Å²) in [7, 11) is 0. The number of thiocarbonyl (C=S) groups is 1. The molecule has 0 aromatic rings. The first kappa shape index (κ1) is 24.8. The van der Waals surface area contributed by atoms with Crippen LogP contribution in [-0.4, -0.2) is 65.0 Å². The highest BCUT2D eigenvalue weighted by Gasteiger charge is 2.84. The second kappa shape index (κ2) is 7.98. The van der Waals surface area contributed by atoms with Crippen LogP contribution in [0.3, 0.4) is 0 Å². The van der Waals surface area contributed by atoms with E-state index in [-0.39, 0.29) is 35.5 Å². The van der Waals surface area contributed by atoms with Gasteiger partial charge in [0.15, 0.2) is 18.5 Å². The third kappa shape index (κ3) is 2.73. The zero-order valence-corrected chi connectivity index (χ0v) is 22.0. The summed E-state index contributed by atoms with van der Waals surface area (Å²) in [6.45, 7) is 8.16. The Labute approximate surface area is 216 Å². The summed E-state index contributed by atoms with van der Waals surface area (Å²) in [5, 5.41) is 22.1. The van der Waals surface area contributed by atoms with Gasteiger partial charge in [-0.05, 0) is 55.8 Å². The molecule has 9 heteroatoms. The summed E-state index contributed by atoms with van der Waals surface area (Å²) in [5.41, 5.74) is -2.21. The smallest absolute Gasteiger partial charge is 0.353 e. The van der Waals surface area contributed by atoms with E-state index in [1.165, 1.54) is 0 Å². The summed E-state index contributed by atoms with van der Waals surface area (Å²) >= 11 is 5.03. The first-order chi connectivity index (χ1) is 17.0. The molecule has 0 aromatic carbocycles. The second-order valence-corrected chi connectivity index (χ2v) is 12.7. The first-order valence-corrected chi connectivity index (χ1v) is 13.7. The maximum Gasteiger partial charge on any atom is 0.353 e. The predicted octanol–water partition coefficient (Wildman–Crippen LogP) is 3.10. The molecule has 198 valence electrons. The second-order valence-electron chi connectivity index (χ2n) is 12.4. The zero-order valence-electron chi connectivity index (χ0n) is 21.2. The number of carboxylic acid groups (broad SMARTS) is 1. The molecule has 4 bridgehead atoms. The standard InChI is InChI=1S/C27H36O8S/c1-12(2)18-7-15-8-25(10-28)17-6-5-13(3)16(17)9-26(15,27(18,25)23(30)31)11-32-22-19(29)21-20(14(4)33-22)34-24(36)35-21/h7,10,12-17,19-22,29H,5-6,8-9,11H2,1-4H3,(H,30,31)/t13-,14-,15?,16-,17-,19+,20-,21+,22-,25?,26?,27?/m1/s1. The molecule has 3 saturated carbocycles. The van der Waals surface area contributed by atoms with E-state index in [0.717, 1.165) is 24.7 Å². The Kier molecular flexibility index (Phi) is 5.49. The van der Waals surface area contributed by atoms with Crippen molar-refractivity contribution in [3.8, 4) is 0 Å². The highest BCUT2D eigenvalue weighted by Crippen LogP contribution is 2.82. The molecule has 0 aromatic heterocycles. The Morgan fingerprint density at radius 2 is 1.97 bits per heavy atom. The number of aldehydes is 1. The summed E-state index contributed by atoms with van der Waals surface area (Å²) in [5.74, 6) is -0.277. The Morgan fingerprint density at radius 3 is 2.64 bits per heavy atom. The third-order valence-electron chi connectivity index (χ3n) is 10.8. The molecule has 8 nitrogen and oxygen atoms in total. The van der Waals surface area contributed by atoms with Gasteiger partial charge in [-0.3, -0.25) is 4.79 Å². The number of carbonyl (C=O) groups excluding carboxylic acids is 1. The molecule has 5 fully saturated rings. The number of hydrogen-bond acceptors (Lipinski definition) is 8. The summed E-state index contributed by atoms with van der Waals surface area (Å²) in [6, 6.07) is 0. The van der Waals surface area contributed by atoms with E-state index >= 15 is 0 Å². The molecule has 0 amide bonds. The van der Waals surface area contributed by atoms with Gasteiger partial charge in [-0.15, -0.1) is 0 Å². The molecular weight excluding hydrogens is 484 g/mol. The van der Waals surface area contributed by atoms with Crippen molar-refractivity contribution < 1.29 is 38.7 Å². The number of fused-ring (bicyclic) bond motifs is 3. The number of ether oxygens (including phenoxy) is 4. The molecule has 2 aliphatic heterocycles. The van der Waals surface area contributed by atoms with E-state index in [1.54, 1.807) is 0 Å². The lowest BCUT2D eigenvalue weighted by Crippen LogP contribution is -2.64. The number of allylic oxidation sites excluding steroid dienone is 1. The lowest BCUT2D eigenvalue weighted by Gasteiger charge is -2.58. The molecule has 36 heavy (non-hydrogen) atoms. The van der Waals surface area contributed by atoms with Crippen LogP contribution in [0.2, 0.25) is 0 Å². The van der Waals surface area contributed by atoms with E-state index in [1.807, 2.05) is 20.8 Å². The third-order valence-corrected chi connectivity index (χ3v) is 11.0. The maximum absolute atomic E-state index is 13.5. The minimum Gasteiger partial charge on any atom is -0.481 e. The normalized spacial score (nSPS) is 52.4. The van der Waals surface area contributed by atoms with Crippen molar-refractivity contribution in [2.45, 2.75) is 84.1 Å². The van der Waals surface area contributed by atoms with Gasteiger partial charge in [-0.25, -0.2) is 0 Å². The average Bonchev–Trinajstić information content (AvgIpc) is 3.53. The Morgan fingerprint density at radius 1 is 1.25 bits per heavy atom. The van der Waals surface area contributed by atoms with Crippen LogP contribution in [0, 0.1) is 45.8 Å². The minimum absolute atomic E-state index is 0.0113. The van der Waals surface area contributed by atoms with Gasteiger partial charge in [0, 0.05) is 17.6 Å². The number of aliphatic hydroxyl groups excluding tert-OH is 1. The molecule has 4 aliphatic carbocycles. The SMILES string of the molecule is CC(C)C1=CC2CC3(C=O)[C@@H]4CC[C@@H](C)[C@H]4CC2(CO[C@@H]2O[C@H](C)[C@H]4OC(=S)O[C@H]4[C@@H]2O)C13C(=O)O. The zero-order chi connectivity index (χ0) is 25.8. The van der Waals surface area contributed by atoms with E-state index in [4.69, 9.17) is 31.2 Å². The van der Waals surface area contributed by atoms with Crippen LogP contribution in [0.25, 0.3) is 0 Å². The van der Waals surface area contributed by atoms with Crippen LogP contribution in [-0.2, 0) is 28.5 Å². The fourth-order valence-corrected chi connectivity index (χ4v) is 9.76. The number of carbonyl (C=O) groups is 2. The highest BCUT2D eigenvalue weighted by molar-refractivity contribution is 7.79. The van der Waals surface area contributed by atoms with E-state index in [2.05, 4.69) is 13.0 Å². The van der Waals surface area contributed by atoms with Gasteiger partial charge in [-0.2, -0.15) is 0 Å². The van der Waals surface area contributed by atoms with Crippen LogP contribution >= 0.6 is 12.2 Å². The van der Waals surface area contributed by atoms with E-state index < -0.39 is 52.9 Å². The van der Waals surface area contributed by atoms with Crippen LogP contribution < -0.4 is 0 Å². The molecule has 6 rings (SSSR count). The van der Waals surface area contributed by atoms with Crippen molar-refractivity contribution >= 4 is 29.7 Å². The van der Waals surface area contributed by atoms with Crippen molar-refractivity contribution in [3.63, 3.8) is 0 Å². The molecule has 0 spiro atoms. The van der Waals surface area contributed by atoms with E-state index in [9.17, 15) is 19.8 Å². The van der Waals surface area contributed by atoms with Crippen molar-refractivity contribution in [1.82, 2.24) is 0 Å². The number of aliphatic carboxylic acids is 1. The largest absolute Gasteiger partial charge is 0.481 e. The summed E-state index contributed by atoms with van der Waals surface area (Å²) in [6.07, 6.45) is 2.44. The number of carboxylic acids is 1. The van der Waals surface area contributed by atoms with Gasteiger partial charge in [0.05, 0.1) is 18.1 Å². The fraction of sp³-hybridized carbons (Fsp3) is 0.815. The molecular formula is C27H36O8S. The quantitative estimate of drug-likeness (QED) is 0.310. The van der Waals surface area contributed by atoms with Crippen molar-refractivity contribution in [1.29, 1.82) is 0 Å². The van der Waals surface area contributed by atoms with Crippen LogP contribution in [0.5, 0.6) is 0 Å². The first-order valence-electron chi connectivity index (χ1n) is 13.3. The van der Waals surface area contributed by atoms with Crippen LogP contribution in [0.4, 0.5) is 0 Å². The van der Waals surface area contributed by atoms with Gasteiger partial charge in [0.25, 0.3) is 0 Å². The molecule has 6 aliphatic rings. The molecule has 4 unspecified atom stereocenters. The van der Waals surface area contributed by atoms with Crippen molar-refractivity contribution in [2.75, 3.05) is 6.61 Å². The number of rotatable bonds is 6. The lowest BCUT2D eigenvalue weighted by molar-refractivity contribution is -0.287. The van der Waals surface area contributed by atoms with Crippen LogP contribution in [0.15, 0.2) is 11.6 Å². The van der Waals surface area contributed by atoms with Gasteiger partial charge in [-0.1, -0.05) is 38.8 Å². The summed E-state index contributed by atoms with van der Waals surface area (Å²) < 4.78 is 23.4. The van der Waals surface area contributed by atoms with Gasteiger partial charge in [0.1, 0.15) is 17.8 Å². The van der Waals surface area contributed by atoms with Crippen molar-refractivity contribution in [3.05, 3.63) is 11.6 Å². The topological polar surface area (TPSA) is 112 Å². The van der Waals surface area contributed by atoms with Crippen molar-refractivity contribution in [2.24, 2.45) is 45.8 Å². The monoisotopic (exact) mass is 520 g/mol. The molecule has 2 N–H and O–H groups in total. The van der Waals surface area contributed by atoms with E-state index in [0.29, 0.717) is 18.8 Å². The fourth-order valence-electron chi connectivity index (χ4n) is 9.54. The Balaban J connectivity index is 1.40. The molecule has 2 saturated heterocycles. The number of hydrogen-bond donors (Lipinski definition) is 2. The lowest BCUT2D eigenvalue weighted by atomic mass is 9.43. The minimum atomic E-state index is -1.33. The molecule has 2 heterocycles. The Bertz CT molecular complexity index is 1030. The maximum atomic E-state index is 13.5. The van der Waals surface area contributed by atoms with Crippen LogP contribution in [0.1, 0.15) is 53.4 Å². The Hall–Kier alpha value is -1.55. The van der Waals surface area contributed by atoms with Gasteiger partial charge < -0.3 is 34.0 Å². The average molecular weight is 521 g/mol. The molecule has 0 radical (unpaired) electrons. The molecule has 12 atom stereocenters. The predicted molar refractivity (Wildman–Crippen MR) is 131 cm³/mol. The number of aliphatic hydroxyl groups is 1. The summed E-state index contributed by atoms with van der Waals surface area (Å²) in [4.78, 5) is 26.6. The van der Waals surface area contributed by atoms with Gasteiger partial charge >= 0.3 is 11.2 Å².